The Kier molecular flexibility index (Phi) is 14.5. The van der Waals surface area contributed by atoms with E-state index in [1.54, 1.807) is 30.7 Å². The summed E-state index contributed by atoms with van der Waals surface area (Å²) in [6.07, 6.45) is 4.12. The maximum absolute atomic E-state index is 13.7. The molecule has 260 valence electrons. The molecule has 0 spiro atoms. The summed E-state index contributed by atoms with van der Waals surface area (Å²) in [5.41, 5.74) is 2.59. The molecule has 2 heterocycles. The molecule has 3 amide bonds. The van der Waals surface area contributed by atoms with Gasteiger partial charge in [-0.3, -0.25) is 9.78 Å². The van der Waals surface area contributed by atoms with Crippen LogP contribution in [-0.2, 0) is 46.7 Å². The molecule has 49 heavy (non-hydrogen) atoms. The highest BCUT2D eigenvalue weighted by atomic mass is 32.1. The summed E-state index contributed by atoms with van der Waals surface area (Å²) in [5, 5.41) is 21.2. The highest BCUT2D eigenvalue weighted by molar-refractivity contribution is 7.11. The molecule has 2 aromatic heterocycles. The highest BCUT2D eigenvalue weighted by Gasteiger charge is 2.30. The number of rotatable bonds is 17. The Morgan fingerprint density at radius 2 is 1.43 bits per heavy atom. The minimum absolute atomic E-state index is 0.0243. The summed E-state index contributed by atoms with van der Waals surface area (Å²) in [4.78, 5) is 48.5. The van der Waals surface area contributed by atoms with E-state index in [2.05, 4.69) is 25.9 Å². The van der Waals surface area contributed by atoms with Crippen molar-refractivity contribution in [3.8, 4) is 0 Å². The average Bonchev–Trinajstić information content (AvgIpc) is 3.58. The number of aliphatic hydroxyl groups is 1. The van der Waals surface area contributed by atoms with Crippen molar-refractivity contribution in [2.45, 2.75) is 83.9 Å². The molecule has 0 bridgehead atoms. The Morgan fingerprint density at radius 1 is 0.796 bits per heavy atom. The van der Waals surface area contributed by atoms with Crippen LogP contribution in [-0.4, -0.2) is 57.4 Å². The van der Waals surface area contributed by atoms with Crippen molar-refractivity contribution in [2.75, 3.05) is 0 Å². The Bertz CT molecular complexity index is 1590. The van der Waals surface area contributed by atoms with Crippen LogP contribution in [0.15, 0.2) is 91.4 Å². The normalized spacial score (nSPS) is 13.5. The summed E-state index contributed by atoms with van der Waals surface area (Å²) in [7, 11) is 0. The van der Waals surface area contributed by atoms with Gasteiger partial charge in [0.25, 0.3) is 0 Å². The molecule has 0 aliphatic carbocycles. The zero-order valence-corrected chi connectivity index (χ0v) is 28.9. The zero-order valence-electron chi connectivity index (χ0n) is 28.1. The minimum Gasteiger partial charge on any atom is -0.445 e. The minimum atomic E-state index is -1.07. The molecule has 12 heteroatoms. The van der Waals surface area contributed by atoms with Crippen molar-refractivity contribution in [3.05, 3.63) is 118 Å². The molecule has 4 atom stereocenters. The van der Waals surface area contributed by atoms with Crippen LogP contribution in [0, 0.1) is 5.92 Å². The summed E-state index contributed by atoms with van der Waals surface area (Å²) in [6, 6.07) is 20.5. The van der Waals surface area contributed by atoms with Gasteiger partial charge in [0.15, 0.2) is 0 Å². The Labute approximate surface area is 291 Å². The van der Waals surface area contributed by atoms with E-state index in [0.717, 1.165) is 33.0 Å². The van der Waals surface area contributed by atoms with Crippen LogP contribution in [0.5, 0.6) is 0 Å². The Morgan fingerprint density at radius 3 is 2.04 bits per heavy atom. The standard InChI is InChI=1S/C37H45N5O6S/c1-4-33-39-22-30(49-33)24-48-37(46)42-34(25(2)3)35(44)40-29(18-26-12-7-5-8-13-26)20-32(43)31(19-27-14-9-6-10-15-27)41-36(45)47-23-28-16-11-17-38-21-28/h5-17,21-22,25,29,31-32,34,43H,4,18-20,23-24H2,1-3H3,(H,40,44)(H,41,45)(H,42,46)/t29-,31-,32-,34-/m0/s1. The summed E-state index contributed by atoms with van der Waals surface area (Å²) in [6.45, 7) is 5.75. The third-order valence-electron chi connectivity index (χ3n) is 7.83. The molecular weight excluding hydrogens is 643 g/mol. The number of carbonyl (C=O) groups excluding carboxylic acids is 3. The molecule has 11 nitrogen and oxygen atoms in total. The van der Waals surface area contributed by atoms with Gasteiger partial charge in [-0.2, -0.15) is 0 Å². The molecule has 0 saturated carbocycles. The van der Waals surface area contributed by atoms with E-state index in [1.165, 1.54) is 11.3 Å². The second kappa shape index (κ2) is 19.3. The van der Waals surface area contributed by atoms with Crippen molar-refractivity contribution < 1.29 is 29.0 Å². The van der Waals surface area contributed by atoms with Crippen molar-refractivity contribution >= 4 is 29.4 Å². The number of thiazole rings is 1. The lowest BCUT2D eigenvalue weighted by molar-refractivity contribution is -0.125. The number of hydrogen-bond donors (Lipinski definition) is 4. The van der Waals surface area contributed by atoms with E-state index in [-0.39, 0.29) is 25.6 Å². The molecular formula is C37H45N5O6S. The molecule has 0 saturated heterocycles. The third-order valence-corrected chi connectivity index (χ3v) is 8.94. The van der Waals surface area contributed by atoms with Crippen LogP contribution in [0.1, 0.15) is 53.8 Å². The quantitative estimate of drug-likeness (QED) is 0.116. The molecule has 4 aromatic rings. The second-order valence-corrected chi connectivity index (χ2v) is 13.3. The predicted octanol–water partition coefficient (Wildman–Crippen LogP) is 5.37. The van der Waals surface area contributed by atoms with E-state index in [4.69, 9.17) is 9.47 Å². The molecule has 2 aromatic carbocycles. The fourth-order valence-electron chi connectivity index (χ4n) is 5.23. The van der Waals surface area contributed by atoms with Crippen LogP contribution < -0.4 is 16.0 Å². The fraction of sp³-hybridized carbons (Fsp3) is 0.378. The molecule has 4 rings (SSSR count). The first-order chi connectivity index (χ1) is 23.7. The lowest BCUT2D eigenvalue weighted by atomic mass is 9.93. The molecule has 0 aliphatic rings. The number of nitrogens with zero attached hydrogens (tertiary/aromatic N) is 2. The van der Waals surface area contributed by atoms with Gasteiger partial charge in [0.05, 0.1) is 22.0 Å². The molecule has 0 unspecified atom stereocenters. The van der Waals surface area contributed by atoms with Crippen LogP contribution in [0.3, 0.4) is 0 Å². The van der Waals surface area contributed by atoms with Crippen LogP contribution >= 0.6 is 11.3 Å². The van der Waals surface area contributed by atoms with Crippen LogP contribution in [0.25, 0.3) is 0 Å². The number of aromatic nitrogens is 2. The SMILES string of the molecule is CCc1ncc(COC(=O)N[C@H](C(=O)N[C@@H](Cc2ccccc2)C[C@H](O)[C@H](Cc2ccccc2)NC(=O)OCc2cccnc2)C(C)C)s1. The van der Waals surface area contributed by atoms with Gasteiger partial charge in [-0.25, -0.2) is 14.6 Å². The first-order valence-electron chi connectivity index (χ1n) is 16.5. The average molecular weight is 688 g/mol. The lowest BCUT2D eigenvalue weighted by Gasteiger charge is -2.30. The summed E-state index contributed by atoms with van der Waals surface area (Å²) < 4.78 is 10.8. The van der Waals surface area contributed by atoms with Gasteiger partial charge in [-0.1, -0.05) is 87.5 Å². The van der Waals surface area contributed by atoms with Crippen LogP contribution in [0.2, 0.25) is 0 Å². The number of alkyl carbamates (subject to hydrolysis) is 2. The first kappa shape index (κ1) is 37.0. The van der Waals surface area contributed by atoms with E-state index in [9.17, 15) is 19.5 Å². The van der Waals surface area contributed by atoms with Gasteiger partial charge in [-0.15, -0.1) is 11.3 Å². The van der Waals surface area contributed by atoms with Crippen molar-refractivity contribution in [1.82, 2.24) is 25.9 Å². The van der Waals surface area contributed by atoms with E-state index >= 15 is 0 Å². The number of nitrogens with one attached hydrogen (secondary N) is 3. The van der Waals surface area contributed by atoms with Crippen molar-refractivity contribution in [3.63, 3.8) is 0 Å². The topological polar surface area (TPSA) is 152 Å². The predicted molar refractivity (Wildman–Crippen MR) is 188 cm³/mol. The van der Waals surface area contributed by atoms with Crippen molar-refractivity contribution in [1.29, 1.82) is 0 Å². The zero-order chi connectivity index (χ0) is 35.0. The van der Waals surface area contributed by atoms with Gasteiger partial charge in [0, 0.05) is 30.2 Å². The number of benzene rings is 2. The smallest absolute Gasteiger partial charge is 0.408 e. The van der Waals surface area contributed by atoms with E-state index < -0.39 is 42.3 Å². The summed E-state index contributed by atoms with van der Waals surface area (Å²) >= 11 is 1.47. The number of aliphatic hydroxyl groups excluding tert-OH is 1. The van der Waals surface area contributed by atoms with Gasteiger partial charge in [0.2, 0.25) is 5.91 Å². The summed E-state index contributed by atoms with van der Waals surface area (Å²) in [5.74, 6) is -0.665. The van der Waals surface area contributed by atoms with Gasteiger partial charge >= 0.3 is 12.2 Å². The molecule has 4 N–H and O–H groups in total. The number of aryl methyl sites for hydroxylation is 1. The highest BCUT2D eigenvalue weighted by Crippen LogP contribution is 2.17. The van der Waals surface area contributed by atoms with Gasteiger partial charge in [-0.05, 0) is 48.8 Å². The number of ether oxygens (including phenoxy) is 2. The second-order valence-electron chi connectivity index (χ2n) is 12.1. The lowest BCUT2D eigenvalue weighted by Crippen LogP contribution is -2.54. The monoisotopic (exact) mass is 687 g/mol. The Hall–Kier alpha value is -4.81. The van der Waals surface area contributed by atoms with Crippen molar-refractivity contribution in [2.24, 2.45) is 5.92 Å². The largest absolute Gasteiger partial charge is 0.445 e. The van der Waals surface area contributed by atoms with Gasteiger partial charge in [0.1, 0.15) is 19.3 Å². The number of amides is 3. The molecule has 0 radical (unpaired) electrons. The maximum Gasteiger partial charge on any atom is 0.408 e. The number of pyridine rings is 1. The molecule has 0 fully saturated rings. The fourth-order valence-corrected chi connectivity index (χ4v) is 6.01. The maximum atomic E-state index is 13.7. The number of carbonyl (C=O) groups is 3. The molecule has 0 aliphatic heterocycles. The Balaban J connectivity index is 1.45. The van der Waals surface area contributed by atoms with Crippen LogP contribution in [0.4, 0.5) is 9.59 Å². The first-order valence-corrected chi connectivity index (χ1v) is 17.3. The third kappa shape index (κ3) is 12.6. The number of hydrogen-bond acceptors (Lipinski definition) is 9. The van der Waals surface area contributed by atoms with E-state index in [1.807, 2.05) is 81.4 Å². The van der Waals surface area contributed by atoms with E-state index in [0.29, 0.717) is 12.8 Å². The van der Waals surface area contributed by atoms with Gasteiger partial charge < -0.3 is 30.5 Å².